The third kappa shape index (κ3) is 3.71. The number of nitrogens with zero attached hydrogens (tertiary/aromatic N) is 2. The lowest BCUT2D eigenvalue weighted by atomic mass is 9.84. The SMILES string of the molecule is CCCc1cc2c(c(=O)n1CCOC)C(c1cccc(Br)c1)C(C#N)=C(N)O2. The predicted octanol–water partition coefficient (Wildman–Crippen LogP) is 3.43. The lowest BCUT2D eigenvalue weighted by molar-refractivity contribution is 0.185. The summed E-state index contributed by atoms with van der Waals surface area (Å²) in [4.78, 5) is 13.5. The number of hydrogen-bond donors (Lipinski definition) is 1. The van der Waals surface area contributed by atoms with Gasteiger partial charge >= 0.3 is 0 Å². The maximum absolute atomic E-state index is 13.5. The van der Waals surface area contributed by atoms with Crippen LogP contribution in [0, 0.1) is 11.3 Å². The van der Waals surface area contributed by atoms with E-state index < -0.39 is 5.92 Å². The van der Waals surface area contributed by atoms with Crippen molar-refractivity contribution in [3.63, 3.8) is 0 Å². The molecule has 0 radical (unpaired) electrons. The Morgan fingerprint density at radius 2 is 2.18 bits per heavy atom. The van der Waals surface area contributed by atoms with Crippen molar-refractivity contribution in [3.05, 3.63) is 73.4 Å². The van der Waals surface area contributed by atoms with Crippen LogP contribution in [-0.4, -0.2) is 18.3 Å². The molecule has 1 atom stereocenters. The fourth-order valence-electron chi connectivity index (χ4n) is 3.53. The van der Waals surface area contributed by atoms with Crippen molar-refractivity contribution in [2.24, 2.45) is 5.73 Å². The predicted molar refractivity (Wildman–Crippen MR) is 110 cm³/mol. The number of pyridine rings is 1. The molecule has 146 valence electrons. The van der Waals surface area contributed by atoms with Crippen molar-refractivity contribution >= 4 is 15.9 Å². The van der Waals surface area contributed by atoms with Crippen LogP contribution in [0.25, 0.3) is 0 Å². The number of hydrogen-bond acceptors (Lipinski definition) is 5. The van der Waals surface area contributed by atoms with Gasteiger partial charge in [-0.25, -0.2) is 0 Å². The fraction of sp³-hybridized carbons (Fsp3) is 0.333. The van der Waals surface area contributed by atoms with Gasteiger partial charge in [-0.2, -0.15) is 5.26 Å². The van der Waals surface area contributed by atoms with Crippen LogP contribution in [-0.2, 0) is 17.7 Å². The molecule has 0 bridgehead atoms. The summed E-state index contributed by atoms with van der Waals surface area (Å²) in [6, 6.07) is 11.5. The molecule has 1 aromatic heterocycles. The highest BCUT2D eigenvalue weighted by Gasteiger charge is 2.34. The number of rotatable bonds is 6. The van der Waals surface area contributed by atoms with Gasteiger partial charge in [-0.05, 0) is 24.1 Å². The monoisotopic (exact) mass is 443 g/mol. The molecule has 0 spiro atoms. The fourth-order valence-corrected chi connectivity index (χ4v) is 3.95. The van der Waals surface area contributed by atoms with E-state index in [1.54, 1.807) is 11.7 Å². The first-order valence-electron chi connectivity index (χ1n) is 9.10. The zero-order valence-corrected chi connectivity index (χ0v) is 17.5. The minimum absolute atomic E-state index is 0.0384. The molecule has 6 nitrogen and oxygen atoms in total. The van der Waals surface area contributed by atoms with Gasteiger partial charge < -0.3 is 19.8 Å². The number of nitrogens with two attached hydrogens (primary N) is 1. The third-order valence-electron chi connectivity index (χ3n) is 4.78. The van der Waals surface area contributed by atoms with Crippen LogP contribution in [0.15, 0.2) is 51.1 Å². The van der Waals surface area contributed by atoms with E-state index >= 15 is 0 Å². The van der Waals surface area contributed by atoms with Crippen LogP contribution in [0.3, 0.4) is 0 Å². The summed E-state index contributed by atoms with van der Waals surface area (Å²) in [7, 11) is 1.60. The van der Waals surface area contributed by atoms with E-state index in [0.29, 0.717) is 24.5 Å². The van der Waals surface area contributed by atoms with Gasteiger partial charge in [-0.3, -0.25) is 4.79 Å². The largest absolute Gasteiger partial charge is 0.440 e. The van der Waals surface area contributed by atoms with Crippen LogP contribution in [0.1, 0.15) is 36.1 Å². The van der Waals surface area contributed by atoms with Crippen LogP contribution < -0.4 is 16.0 Å². The second-order valence-electron chi connectivity index (χ2n) is 6.59. The molecular weight excluding hydrogens is 422 g/mol. The average molecular weight is 444 g/mol. The van der Waals surface area contributed by atoms with Crippen LogP contribution in [0.4, 0.5) is 0 Å². The summed E-state index contributed by atoms with van der Waals surface area (Å²) in [5.74, 6) is -0.122. The van der Waals surface area contributed by atoms with E-state index in [4.69, 9.17) is 15.2 Å². The molecule has 2 N–H and O–H groups in total. The van der Waals surface area contributed by atoms with Crippen molar-refractivity contribution in [2.45, 2.75) is 32.2 Å². The molecular formula is C21H22BrN3O3. The zero-order valence-electron chi connectivity index (χ0n) is 15.9. The molecule has 2 heterocycles. The first kappa shape index (κ1) is 20.2. The molecule has 28 heavy (non-hydrogen) atoms. The number of aromatic nitrogens is 1. The van der Waals surface area contributed by atoms with Crippen LogP contribution in [0.2, 0.25) is 0 Å². The number of benzene rings is 1. The van der Waals surface area contributed by atoms with E-state index in [-0.39, 0.29) is 17.0 Å². The van der Waals surface area contributed by atoms with Gasteiger partial charge in [0.05, 0.1) is 18.1 Å². The number of halogens is 1. The summed E-state index contributed by atoms with van der Waals surface area (Å²) < 4.78 is 13.5. The molecule has 0 aliphatic carbocycles. The number of nitriles is 1. The summed E-state index contributed by atoms with van der Waals surface area (Å²) in [6.07, 6.45) is 1.61. The van der Waals surface area contributed by atoms with E-state index in [0.717, 1.165) is 28.6 Å². The zero-order chi connectivity index (χ0) is 20.3. The summed E-state index contributed by atoms with van der Waals surface area (Å²) in [5.41, 5.74) is 8.22. The molecule has 0 fully saturated rings. The minimum Gasteiger partial charge on any atom is -0.440 e. The Balaban J connectivity index is 2.28. The van der Waals surface area contributed by atoms with Gasteiger partial charge in [0.1, 0.15) is 17.4 Å². The Hall–Kier alpha value is -2.56. The van der Waals surface area contributed by atoms with Gasteiger partial charge in [-0.15, -0.1) is 0 Å². The molecule has 1 unspecified atom stereocenters. The lowest BCUT2D eigenvalue weighted by Gasteiger charge is -2.28. The van der Waals surface area contributed by atoms with Gasteiger partial charge in [0.2, 0.25) is 5.88 Å². The summed E-state index contributed by atoms with van der Waals surface area (Å²) in [5, 5.41) is 9.72. The highest BCUT2D eigenvalue weighted by molar-refractivity contribution is 9.10. The maximum Gasteiger partial charge on any atom is 0.258 e. The maximum atomic E-state index is 13.5. The summed E-state index contributed by atoms with van der Waals surface area (Å²) in [6.45, 7) is 2.91. The van der Waals surface area contributed by atoms with Crippen LogP contribution in [0.5, 0.6) is 5.75 Å². The number of aryl methyl sites for hydroxylation is 1. The van der Waals surface area contributed by atoms with Gasteiger partial charge in [-0.1, -0.05) is 41.4 Å². The van der Waals surface area contributed by atoms with E-state index in [2.05, 4.69) is 28.9 Å². The molecule has 1 aliphatic heterocycles. The van der Waals surface area contributed by atoms with Gasteiger partial charge in [0.15, 0.2) is 0 Å². The second-order valence-corrected chi connectivity index (χ2v) is 7.51. The van der Waals surface area contributed by atoms with Crippen molar-refractivity contribution < 1.29 is 9.47 Å². The molecule has 0 amide bonds. The van der Waals surface area contributed by atoms with Gasteiger partial charge in [0, 0.05) is 29.9 Å². The second kappa shape index (κ2) is 8.63. The Bertz CT molecular complexity index is 1020. The lowest BCUT2D eigenvalue weighted by Crippen LogP contribution is -2.34. The number of ether oxygens (including phenoxy) is 2. The normalized spacial score (nSPS) is 15.7. The number of fused-ring (bicyclic) bond motifs is 1. The minimum atomic E-state index is -0.580. The Labute approximate surface area is 172 Å². The highest BCUT2D eigenvalue weighted by Crippen LogP contribution is 2.41. The average Bonchev–Trinajstić information content (AvgIpc) is 2.67. The van der Waals surface area contributed by atoms with E-state index in [9.17, 15) is 10.1 Å². The summed E-state index contributed by atoms with van der Waals surface area (Å²) >= 11 is 3.46. The third-order valence-corrected chi connectivity index (χ3v) is 5.27. The molecule has 0 saturated heterocycles. The standard InChI is InChI=1S/C21H22BrN3O3/c1-3-5-15-11-17-19(21(26)25(15)8-9-27-2)18(16(12-23)20(24)28-17)13-6-4-7-14(22)10-13/h4,6-7,10-11,18H,3,5,8-9,24H2,1-2H3. The quantitative estimate of drug-likeness (QED) is 0.738. The number of allylic oxidation sites excluding steroid dienone is 1. The molecule has 1 aliphatic rings. The Morgan fingerprint density at radius 3 is 2.82 bits per heavy atom. The first-order valence-corrected chi connectivity index (χ1v) is 9.89. The van der Waals surface area contributed by atoms with E-state index in [1.165, 1.54) is 0 Å². The molecule has 1 aromatic carbocycles. The molecule has 2 aromatic rings. The first-order chi connectivity index (χ1) is 13.5. The topological polar surface area (TPSA) is 90.3 Å². The Kier molecular flexibility index (Phi) is 6.22. The number of methoxy groups -OCH3 is 1. The van der Waals surface area contributed by atoms with Crippen LogP contribution >= 0.6 is 15.9 Å². The van der Waals surface area contributed by atoms with E-state index in [1.807, 2.05) is 30.3 Å². The van der Waals surface area contributed by atoms with Crippen molar-refractivity contribution in [2.75, 3.05) is 13.7 Å². The molecule has 3 rings (SSSR count). The smallest absolute Gasteiger partial charge is 0.258 e. The Morgan fingerprint density at radius 1 is 1.39 bits per heavy atom. The highest BCUT2D eigenvalue weighted by atomic mass is 79.9. The molecule has 0 saturated carbocycles. The van der Waals surface area contributed by atoms with Crippen molar-refractivity contribution in [1.82, 2.24) is 4.57 Å². The van der Waals surface area contributed by atoms with Crippen molar-refractivity contribution in [1.29, 1.82) is 5.26 Å². The molecule has 7 heteroatoms. The van der Waals surface area contributed by atoms with Gasteiger partial charge in [0.25, 0.3) is 5.56 Å². The van der Waals surface area contributed by atoms with Crippen molar-refractivity contribution in [3.8, 4) is 11.8 Å².